The van der Waals surface area contributed by atoms with Gasteiger partial charge in [-0.05, 0) is 48.5 Å². The molecule has 2 aromatic carbocycles. The number of nitrogens with one attached hydrogen (secondary N) is 1. The molecule has 8 heteroatoms. The average Bonchev–Trinajstić information content (AvgIpc) is 3.05. The average molecular weight is 401 g/mol. The quantitative estimate of drug-likeness (QED) is 0.342. The molecule has 1 heterocycles. The van der Waals surface area contributed by atoms with Crippen molar-refractivity contribution in [1.29, 1.82) is 0 Å². The molecule has 0 radical (unpaired) electrons. The second kappa shape index (κ2) is 9.38. The second-order valence-electron chi connectivity index (χ2n) is 5.49. The molecule has 0 saturated heterocycles. The highest BCUT2D eigenvalue weighted by Crippen LogP contribution is 2.27. The molecule has 27 heavy (non-hydrogen) atoms. The summed E-state index contributed by atoms with van der Waals surface area (Å²) in [5.74, 6) is 2.15. The first-order valence-corrected chi connectivity index (χ1v) is 9.80. The topological polar surface area (TPSA) is 64.4 Å². The van der Waals surface area contributed by atoms with E-state index in [1.165, 1.54) is 5.56 Å². The monoisotopic (exact) mass is 400 g/mol. The van der Waals surface area contributed by atoms with Crippen molar-refractivity contribution < 1.29 is 9.47 Å². The predicted octanol–water partition coefficient (Wildman–Crippen LogP) is 4.52. The third-order valence-electron chi connectivity index (χ3n) is 3.64. The van der Waals surface area contributed by atoms with Gasteiger partial charge in [0.15, 0.2) is 11.5 Å². The zero-order chi connectivity index (χ0) is 19.1. The summed E-state index contributed by atoms with van der Waals surface area (Å²) in [7, 11) is 1.62. The number of rotatable bonds is 8. The summed E-state index contributed by atoms with van der Waals surface area (Å²) in [6, 6.07) is 15.8. The van der Waals surface area contributed by atoms with E-state index in [1.807, 2.05) is 43.3 Å². The Kier molecular flexibility index (Phi) is 6.67. The number of aromatic nitrogens is 3. The molecule has 0 atom stereocenters. The Labute approximate surface area is 167 Å². The minimum Gasteiger partial charge on any atom is -0.493 e. The van der Waals surface area contributed by atoms with Crippen LogP contribution in [-0.2, 0) is 5.75 Å². The summed E-state index contributed by atoms with van der Waals surface area (Å²) in [6.07, 6.45) is 1.72. The third kappa shape index (κ3) is 4.99. The lowest BCUT2D eigenvalue weighted by Crippen LogP contribution is -1.97. The molecule has 0 aliphatic rings. The highest BCUT2D eigenvalue weighted by molar-refractivity contribution is 7.98. The van der Waals surface area contributed by atoms with Gasteiger partial charge in [0.2, 0.25) is 9.93 Å². The van der Waals surface area contributed by atoms with Crippen LogP contribution in [-0.4, -0.2) is 34.8 Å². The van der Waals surface area contributed by atoms with Gasteiger partial charge in [-0.1, -0.05) is 42.1 Å². The van der Waals surface area contributed by atoms with E-state index < -0.39 is 0 Å². The van der Waals surface area contributed by atoms with Crippen LogP contribution in [0.15, 0.2) is 58.8 Å². The maximum atomic E-state index is 5.60. The molecule has 0 aliphatic heterocycles. The number of thioether (sulfide) groups is 1. The van der Waals surface area contributed by atoms with Crippen molar-refractivity contribution in [3.8, 4) is 11.5 Å². The molecule has 0 saturated carbocycles. The third-order valence-corrected chi connectivity index (χ3v) is 4.91. The van der Waals surface area contributed by atoms with E-state index in [2.05, 4.69) is 27.4 Å². The van der Waals surface area contributed by atoms with E-state index in [-0.39, 0.29) is 0 Å². The molecule has 6 nitrogen and oxygen atoms in total. The molecule has 1 aromatic heterocycles. The maximum Gasteiger partial charge on any atom is 0.217 e. The molecule has 0 amide bonds. The van der Waals surface area contributed by atoms with Crippen LogP contribution in [0, 0.1) is 4.77 Å². The fraction of sp³-hybridized carbons (Fsp3) is 0.211. The number of methoxy groups -OCH3 is 1. The van der Waals surface area contributed by atoms with Crippen molar-refractivity contribution in [3.63, 3.8) is 0 Å². The number of H-pyrrole nitrogens is 1. The molecule has 3 aromatic rings. The first-order valence-electron chi connectivity index (χ1n) is 8.40. The van der Waals surface area contributed by atoms with E-state index in [4.69, 9.17) is 21.7 Å². The fourth-order valence-electron chi connectivity index (χ4n) is 2.36. The van der Waals surface area contributed by atoms with E-state index in [1.54, 1.807) is 29.8 Å². The molecule has 0 unspecified atom stereocenters. The smallest absolute Gasteiger partial charge is 0.217 e. The Morgan fingerprint density at radius 3 is 2.78 bits per heavy atom. The van der Waals surface area contributed by atoms with Crippen molar-refractivity contribution in [2.45, 2.75) is 17.8 Å². The van der Waals surface area contributed by atoms with Crippen LogP contribution in [0.3, 0.4) is 0 Å². The Morgan fingerprint density at radius 2 is 2.04 bits per heavy atom. The lowest BCUT2D eigenvalue weighted by molar-refractivity contribution is 0.311. The molecule has 0 bridgehead atoms. The molecule has 3 rings (SSSR count). The van der Waals surface area contributed by atoms with E-state index in [0.29, 0.717) is 28.0 Å². The maximum absolute atomic E-state index is 5.60. The summed E-state index contributed by atoms with van der Waals surface area (Å²) >= 11 is 6.87. The SMILES string of the molecule is CCOc1cc(/C=N\n2c(SCc3ccccc3)n[nH]c2=S)ccc1OC. The van der Waals surface area contributed by atoms with Gasteiger partial charge in [0, 0.05) is 5.75 Å². The van der Waals surface area contributed by atoms with Crippen LogP contribution in [0.1, 0.15) is 18.1 Å². The Morgan fingerprint density at radius 1 is 1.22 bits per heavy atom. The number of aromatic amines is 1. The minimum absolute atomic E-state index is 0.445. The summed E-state index contributed by atoms with van der Waals surface area (Å²) < 4.78 is 13.0. The molecule has 0 spiro atoms. The largest absolute Gasteiger partial charge is 0.493 e. The van der Waals surface area contributed by atoms with Gasteiger partial charge in [-0.2, -0.15) is 9.78 Å². The number of nitrogens with zero attached hydrogens (tertiary/aromatic N) is 3. The van der Waals surface area contributed by atoms with Gasteiger partial charge in [-0.3, -0.25) is 0 Å². The standard InChI is InChI=1S/C19H20N4O2S2/c1-3-25-17-11-15(9-10-16(17)24-2)12-20-23-18(26)21-22-19(23)27-13-14-7-5-4-6-8-14/h4-12H,3,13H2,1-2H3,(H,21,26)/b20-12-. The highest BCUT2D eigenvalue weighted by atomic mass is 32.2. The van der Waals surface area contributed by atoms with Gasteiger partial charge in [0.05, 0.1) is 19.9 Å². The lowest BCUT2D eigenvalue weighted by atomic mass is 10.2. The van der Waals surface area contributed by atoms with Gasteiger partial charge >= 0.3 is 0 Å². The number of ether oxygens (including phenoxy) is 2. The molecule has 1 N–H and O–H groups in total. The number of benzene rings is 2. The summed E-state index contributed by atoms with van der Waals surface area (Å²) in [5.41, 5.74) is 2.09. The minimum atomic E-state index is 0.445. The summed E-state index contributed by atoms with van der Waals surface area (Å²) in [5, 5.41) is 12.3. The van der Waals surface area contributed by atoms with Gasteiger partial charge in [-0.15, -0.1) is 5.10 Å². The van der Waals surface area contributed by atoms with Crippen molar-refractivity contribution >= 4 is 30.2 Å². The van der Waals surface area contributed by atoms with E-state index in [0.717, 1.165) is 11.3 Å². The second-order valence-corrected chi connectivity index (χ2v) is 6.81. The van der Waals surface area contributed by atoms with Crippen molar-refractivity contribution in [2.75, 3.05) is 13.7 Å². The highest BCUT2D eigenvalue weighted by Gasteiger charge is 2.07. The fourth-order valence-corrected chi connectivity index (χ4v) is 3.46. The van der Waals surface area contributed by atoms with Crippen molar-refractivity contribution in [3.05, 3.63) is 64.4 Å². The lowest BCUT2D eigenvalue weighted by Gasteiger charge is -2.09. The zero-order valence-electron chi connectivity index (χ0n) is 15.1. The van der Waals surface area contributed by atoms with Crippen molar-refractivity contribution in [1.82, 2.24) is 14.9 Å². The van der Waals surface area contributed by atoms with Crippen molar-refractivity contribution in [2.24, 2.45) is 5.10 Å². The van der Waals surface area contributed by atoms with Crippen LogP contribution in [0.2, 0.25) is 0 Å². The molecular weight excluding hydrogens is 380 g/mol. The number of hydrogen-bond donors (Lipinski definition) is 1. The van der Waals surface area contributed by atoms with Crippen LogP contribution in [0.4, 0.5) is 0 Å². The summed E-state index contributed by atoms with van der Waals surface area (Å²) in [6.45, 7) is 2.49. The van der Waals surface area contributed by atoms with Gasteiger partial charge in [0.25, 0.3) is 0 Å². The summed E-state index contributed by atoms with van der Waals surface area (Å²) in [4.78, 5) is 0. The first-order chi connectivity index (χ1) is 13.2. The molecule has 0 fully saturated rings. The Balaban J connectivity index is 1.78. The van der Waals surface area contributed by atoms with E-state index >= 15 is 0 Å². The first kappa shape index (κ1) is 19.2. The van der Waals surface area contributed by atoms with Gasteiger partial charge in [-0.25, -0.2) is 5.10 Å². The zero-order valence-corrected chi connectivity index (χ0v) is 16.7. The predicted molar refractivity (Wildman–Crippen MR) is 111 cm³/mol. The van der Waals surface area contributed by atoms with Crippen LogP contribution in [0.25, 0.3) is 0 Å². The van der Waals surface area contributed by atoms with Crippen LogP contribution < -0.4 is 9.47 Å². The normalized spacial score (nSPS) is 11.0. The Bertz CT molecular complexity index is 967. The van der Waals surface area contributed by atoms with Gasteiger partial charge < -0.3 is 9.47 Å². The Hall–Kier alpha value is -2.58. The van der Waals surface area contributed by atoms with E-state index in [9.17, 15) is 0 Å². The number of hydrogen-bond acceptors (Lipinski definition) is 6. The molecular formula is C19H20N4O2S2. The molecule has 140 valence electrons. The van der Waals surface area contributed by atoms with Crippen LogP contribution >= 0.6 is 24.0 Å². The molecule has 0 aliphatic carbocycles. The van der Waals surface area contributed by atoms with Crippen LogP contribution in [0.5, 0.6) is 11.5 Å². The van der Waals surface area contributed by atoms with Gasteiger partial charge in [0.1, 0.15) is 0 Å².